The Kier molecular flexibility index (Phi) is 5.94. The van der Waals surface area contributed by atoms with E-state index in [0.717, 1.165) is 42.5 Å². The van der Waals surface area contributed by atoms with Gasteiger partial charge in [-0.05, 0) is 35.6 Å². The molecule has 1 aromatic carbocycles. The molecule has 1 aromatic heterocycles. The fraction of sp³-hybridized carbons (Fsp3) is 0.500. The largest absolute Gasteiger partial charge is 0.484 e. The number of rotatable bonds is 5. The summed E-state index contributed by atoms with van der Waals surface area (Å²) >= 11 is 0. The van der Waals surface area contributed by atoms with E-state index in [4.69, 9.17) is 14.5 Å². The summed E-state index contributed by atoms with van der Waals surface area (Å²) in [6.07, 6.45) is 2.68. The lowest BCUT2D eigenvalue weighted by atomic mass is 10.0. The summed E-state index contributed by atoms with van der Waals surface area (Å²) in [7, 11) is 0. The summed E-state index contributed by atoms with van der Waals surface area (Å²) in [6, 6.07) is 7.95. The number of anilines is 1. The summed E-state index contributed by atoms with van der Waals surface area (Å²) in [5.74, 6) is 1.90. The number of nitrogens with zero attached hydrogens (tertiary/aromatic N) is 4. The minimum absolute atomic E-state index is 0.0184. The molecule has 1 fully saturated rings. The molecule has 0 spiro atoms. The van der Waals surface area contributed by atoms with E-state index in [1.54, 1.807) is 0 Å². The molecule has 0 saturated carbocycles. The number of benzene rings is 1. The Morgan fingerprint density at radius 1 is 1.17 bits per heavy atom. The van der Waals surface area contributed by atoms with Crippen LogP contribution in [0.3, 0.4) is 0 Å². The van der Waals surface area contributed by atoms with Crippen molar-refractivity contribution in [2.24, 2.45) is 0 Å². The summed E-state index contributed by atoms with van der Waals surface area (Å²) in [5, 5.41) is 0. The van der Waals surface area contributed by atoms with Crippen molar-refractivity contribution in [2.45, 2.75) is 32.7 Å². The van der Waals surface area contributed by atoms with Crippen molar-refractivity contribution in [2.75, 3.05) is 44.4 Å². The van der Waals surface area contributed by atoms with Crippen LogP contribution < -0.4 is 9.64 Å². The fourth-order valence-corrected chi connectivity index (χ4v) is 3.61. The van der Waals surface area contributed by atoms with Crippen LogP contribution in [0, 0.1) is 0 Å². The third-order valence-electron chi connectivity index (χ3n) is 5.49. The van der Waals surface area contributed by atoms with Crippen LogP contribution in [0.5, 0.6) is 5.75 Å². The second-order valence-electron chi connectivity index (χ2n) is 7.82. The topological polar surface area (TPSA) is 67.8 Å². The summed E-state index contributed by atoms with van der Waals surface area (Å²) < 4.78 is 11.1. The smallest absolute Gasteiger partial charge is 0.260 e. The molecule has 1 saturated heterocycles. The van der Waals surface area contributed by atoms with Crippen molar-refractivity contribution in [3.05, 3.63) is 47.3 Å². The van der Waals surface area contributed by atoms with Crippen LogP contribution in [0.15, 0.2) is 30.5 Å². The molecule has 2 aliphatic heterocycles. The minimum Gasteiger partial charge on any atom is -0.484 e. The van der Waals surface area contributed by atoms with Crippen molar-refractivity contribution >= 4 is 11.9 Å². The highest BCUT2D eigenvalue weighted by molar-refractivity contribution is 5.78. The van der Waals surface area contributed by atoms with Gasteiger partial charge in [0.25, 0.3) is 5.91 Å². The van der Waals surface area contributed by atoms with Crippen molar-refractivity contribution in [3.63, 3.8) is 0 Å². The highest BCUT2D eigenvalue weighted by Gasteiger charge is 2.24. The maximum absolute atomic E-state index is 12.7. The number of aromatic nitrogens is 2. The quantitative estimate of drug-likeness (QED) is 0.773. The Morgan fingerprint density at radius 2 is 1.93 bits per heavy atom. The first-order valence-electron chi connectivity index (χ1n) is 10.3. The average molecular weight is 396 g/mol. The predicted octanol–water partition coefficient (Wildman–Crippen LogP) is 2.40. The maximum atomic E-state index is 12.7. The average Bonchev–Trinajstić information content (AvgIpc) is 2.77. The van der Waals surface area contributed by atoms with E-state index < -0.39 is 0 Å². The second-order valence-corrected chi connectivity index (χ2v) is 7.82. The summed E-state index contributed by atoms with van der Waals surface area (Å²) in [5.41, 5.74) is 3.31. The molecule has 29 heavy (non-hydrogen) atoms. The zero-order valence-corrected chi connectivity index (χ0v) is 17.1. The number of amides is 1. The third kappa shape index (κ3) is 4.67. The molecule has 0 aliphatic carbocycles. The van der Waals surface area contributed by atoms with Gasteiger partial charge in [-0.2, -0.15) is 0 Å². The van der Waals surface area contributed by atoms with E-state index in [2.05, 4.69) is 23.7 Å². The molecular formula is C22H28N4O3. The number of fused-ring (bicyclic) bond motifs is 1. The molecule has 3 heterocycles. The third-order valence-corrected chi connectivity index (χ3v) is 5.49. The van der Waals surface area contributed by atoms with Crippen LogP contribution in [0.2, 0.25) is 0 Å². The second kappa shape index (κ2) is 8.78. The molecule has 7 heteroatoms. The van der Waals surface area contributed by atoms with Gasteiger partial charge in [-0.1, -0.05) is 26.0 Å². The van der Waals surface area contributed by atoms with Crippen LogP contribution >= 0.6 is 0 Å². The lowest BCUT2D eigenvalue weighted by Crippen LogP contribution is -2.40. The first-order chi connectivity index (χ1) is 14.1. The van der Waals surface area contributed by atoms with Crippen LogP contribution in [0.25, 0.3) is 0 Å². The van der Waals surface area contributed by atoms with Crippen molar-refractivity contribution < 1.29 is 14.3 Å². The monoisotopic (exact) mass is 396 g/mol. The molecule has 0 bridgehead atoms. The molecule has 1 amide bonds. The molecular weight excluding hydrogens is 368 g/mol. The SMILES string of the molecule is CC(C)c1ccc(OCC(=O)N2CCc3cnc(N4CCOCC4)nc3C2)cc1. The Labute approximate surface area is 171 Å². The van der Waals surface area contributed by atoms with E-state index in [1.165, 1.54) is 5.56 Å². The highest BCUT2D eigenvalue weighted by Crippen LogP contribution is 2.21. The van der Waals surface area contributed by atoms with Gasteiger partial charge in [0, 0.05) is 25.8 Å². The summed E-state index contributed by atoms with van der Waals surface area (Å²) in [6.45, 7) is 8.50. The highest BCUT2D eigenvalue weighted by atomic mass is 16.5. The van der Waals surface area contributed by atoms with E-state index >= 15 is 0 Å². The van der Waals surface area contributed by atoms with Gasteiger partial charge in [0.05, 0.1) is 25.5 Å². The Morgan fingerprint density at radius 3 is 2.66 bits per heavy atom. The molecule has 4 rings (SSSR count). The van der Waals surface area contributed by atoms with Crippen molar-refractivity contribution in [1.29, 1.82) is 0 Å². The Hall–Kier alpha value is -2.67. The van der Waals surface area contributed by atoms with Crippen molar-refractivity contribution in [1.82, 2.24) is 14.9 Å². The molecule has 2 aromatic rings. The minimum atomic E-state index is -0.0184. The maximum Gasteiger partial charge on any atom is 0.260 e. The lowest BCUT2D eigenvalue weighted by Gasteiger charge is -2.30. The Balaban J connectivity index is 1.36. The number of carbonyl (C=O) groups excluding carboxylic acids is 1. The zero-order chi connectivity index (χ0) is 20.2. The normalized spacial score (nSPS) is 16.7. The molecule has 2 aliphatic rings. The number of ether oxygens (including phenoxy) is 2. The van der Waals surface area contributed by atoms with Crippen molar-refractivity contribution in [3.8, 4) is 5.75 Å². The van der Waals surface area contributed by atoms with Crippen LogP contribution in [-0.2, 0) is 22.5 Å². The van der Waals surface area contributed by atoms with Crippen LogP contribution in [-0.4, -0.2) is 60.2 Å². The number of hydrogen-bond donors (Lipinski definition) is 0. The standard InChI is InChI=1S/C22H28N4O3/c1-16(2)17-3-5-19(6-4-17)29-15-21(27)26-8-7-18-13-23-22(24-20(18)14-26)25-9-11-28-12-10-25/h3-6,13,16H,7-12,14-15H2,1-2H3. The van der Waals surface area contributed by atoms with Gasteiger partial charge in [0.2, 0.25) is 5.95 Å². The fourth-order valence-electron chi connectivity index (χ4n) is 3.61. The van der Waals surface area contributed by atoms with Crippen LogP contribution in [0.4, 0.5) is 5.95 Å². The number of morpholine rings is 1. The van der Waals surface area contributed by atoms with Gasteiger partial charge < -0.3 is 19.3 Å². The van der Waals surface area contributed by atoms with Gasteiger partial charge >= 0.3 is 0 Å². The predicted molar refractivity (Wildman–Crippen MR) is 110 cm³/mol. The van der Waals surface area contributed by atoms with E-state index in [0.29, 0.717) is 32.2 Å². The van der Waals surface area contributed by atoms with Gasteiger partial charge in [-0.25, -0.2) is 9.97 Å². The molecule has 0 N–H and O–H groups in total. The molecule has 7 nitrogen and oxygen atoms in total. The van der Waals surface area contributed by atoms with Gasteiger partial charge in [-0.15, -0.1) is 0 Å². The van der Waals surface area contributed by atoms with Gasteiger partial charge in [0.1, 0.15) is 5.75 Å². The van der Waals surface area contributed by atoms with Gasteiger partial charge in [0.15, 0.2) is 6.61 Å². The molecule has 0 unspecified atom stereocenters. The summed E-state index contributed by atoms with van der Waals surface area (Å²) in [4.78, 5) is 25.9. The van der Waals surface area contributed by atoms with E-state index in [-0.39, 0.29) is 12.5 Å². The number of hydrogen-bond acceptors (Lipinski definition) is 6. The first-order valence-corrected chi connectivity index (χ1v) is 10.3. The lowest BCUT2D eigenvalue weighted by molar-refractivity contribution is -0.134. The molecule has 154 valence electrons. The van der Waals surface area contributed by atoms with E-state index in [9.17, 15) is 4.79 Å². The Bertz CT molecular complexity index is 848. The number of carbonyl (C=O) groups is 1. The first kappa shape index (κ1) is 19.6. The van der Waals surface area contributed by atoms with E-state index in [1.807, 2.05) is 35.4 Å². The molecule has 0 atom stereocenters. The zero-order valence-electron chi connectivity index (χ0n) is 17.1. The molecule has 0 radical (unpaired) electrons. The van der Waals surface area contributed by atoms with Crippen LogP contribution in [0.1, 0.15) is 36.6 Å². The van der Waals surface area contributed by atoms with Gasteiger partial charge in [-0.3, -0.25) is 4.79 Å².